The van der Waals surface area contributed by atoms with Crippen LogP contribution in [-0.2, 0) is 0 Å². The molecule has 0 radical (unpaired) electrons. The molecule has 1 saturated heterocycles. The van der Waals surface area contributed by atoms with Crippen LogP contribution >= 0.6 is 15.9 Å². The molecule has 0 bridgehead atoms. The zero-order valence-electron chi connectivity index (χ0n) is 10.7. The number of hydrogen-bond donors (Lipinski definition) is 0. The fourth-order valence-corrected chi connectivity index (χ4v) is 2.96. The molecule has 0 saturated carbocycles. The minimum atomic E-state index is 0.127. The molecule has 1 atom stereocenters. The lowest BCUT2D eigenvalue weighted by molar-refractivity contribution is 0.0600. The van der Waals surface area contributed by atoms with Gasteiger partial charge in [0.15, 0.2) is 0 Å². The minimum absolute atomic E-state index is 0.127. The standard InChI is InChI=1S/C14H19BrN2O/c1-2-5-13-6-3-4-7-17(13)14(18)11-8-12(15)10-16-9-11/h8-10,13H,2-7H2,1H3. The SMILES string of the molecule is CCCC1CCCCN1C(=O)c1cncc(Br)c1. The number of piperidine rings is 1. The molecule has 1 fully saturated rings. The molecule has 3 nitrogen and oxygen atoms in total. The van der Waals surface area contributed by atoms with Gasteiger partial charge in [-0.2, -0.15) is 0 Å². The largest absolute Gasteiger partial charge is 0.336 e. The van der Waals surface area contributed by atoms with Gasteiger partial charge in [0, 0.05) is 29.5 Å². The molecular formula is C14H19BrN2O. The highest BCUT2D eigenvalue weighted by atomic mass is 79.9. The number of halogens is 1. The van der Waals surface area contributed by atoms with Gasteiger partial charge in [0.25, 0.3) is 5.91 Å². The summed E-state index contributed by atoms with van der Waals surface area (Å²) < 4.78 is 0.859. The van der Waals surface area contributed by atoms with E-state index < -0.39 is 0 Å². The Bertz CT molecular complexity index is 420. The first kappa shape index (κ1) is 13.5. The summed E-state index contributed by atoms with van der Waals surface area (Å²) in [6.07, 6.45) is 9.10. The Morgan fingerprint density at radius 1 is 1.50 bits per heavy atom. The number of carbonyl (C=O) groups excluding carboxylic acids is 1. The average molecular weight is 311 g/mol. The lowest BCUT2D eigenvalue weighted by Crippen LogP contribution is -2.43. The summed E-state index contributed by atoms with van der Waals surface area (Å²) in [6, 6.07) is 2.27. The normalized spacial score (nSPS) is 19.9. The van der Waals surface area contributed by atoms with Crippen LogP contribution in [0.3, 0.4) is 0 Å². The summed E-state index contributed by atoms with van der Waals surface area (Å²) in [4.78, 5) is 18.6. The summed E-state index contributed by atoms with van der Waals surface area (Å²) in [5.74, 6) is 0.127. The predicted molar refractivity (Wildman–Crippen MR) is 75.5 cm³/mol. The number of rotatable bonds is 3. The number of hydrogen-bond acceptors (Lipinski definition) is 2. The Balaban J connectivity index is 2.15. The van der Waals surface area contributed by atoms with Crippen molar-refractivity contribution in [2.75, 3.05) is 6.54 Å². The fraction of sp³-hybridized carbons (Fsp3) is 0.571. The van der Waals surface area contributed by atoms with Crippen molar-refractivity contribution < 1.29 is 4.79 Å². The lowest BCUT2D eigenvalue weighted by atomic mass is 9.97. The van der Waals surface area contributed by atoms with Crippen molar-refractivity contribution in [3.05, 3.63) is 28.5 Å². The Kier molecular flexibility index (Phi) is 4.75. The maximum absolute atomic E-state index is 12.5. The highest BCUT2D eigenvalue weighted by Gasteiger charge is 2.26. The van der Waals surface area contributed by atoms with Crippen LogP contribution in [0.5, 0.6) is 0 Å². The number of pyridine rings is 1. The van der Waals surface area contributed by atoms with E-state index in [4.69, 9.17) is 0 Å². The van der Waals surface area contributed by atoms with Crippen molar-refractivity contribution in [2.45, 2.75) is 45.1 Å². The molecule has 1 unspecified atom stereocenters. The second kappa shape index (κ2) is 6.32. The van der Waals surface area contributed by atoms with Crippen molar-refractivity contribution in [2.24, 2.45) is 0 Å². The van der Waals surface area contributed by atoms with E-state index in [0.29, 0.717) is 11.6 Å². The first-order valence-corrected chi connectivity index (χ1v) is 7.43. The monoisotopic (exact) mass is 310 g/mol. The molecule has 0 N–H and O–H groups in total. The third-order valence-electron chi connectivity index (χ3n) is 3.46. The van der Waals surface area contributed by atoms with Crippen LogP contribution < -0.4 is 0 Å². The number of nitrogens with zero attached hydrogens (tertiary/aromatic N) is 2. The molecule has 0 aliphatic carbocycles. The summed E-state index contributed by atoms with van der Waals surface area (Å²) in [7, 11) is 0. The van der Waals surface area contributed by atoms with Crippen molar-refractivity contribution in [3.63, 3.8) is 0 Å². The van der Waals surface area contributed by atoms with Gasteiger partial charge in [-0.05, 0) is 47.7 Å². The molecule has 18 heavy (non-hydrogen) atoms. The molecule has 1 aromatic rings. The molecule has 1 aliphatic rings. The second-order valence-corrected chi connectivity index (χ2v) is 5.74. The van der Waals surface area contributed by atoms with Crippen LogP contribution in [0.15, 0.2) is 22.9 Å². The Morgan fingerprint density at radius 3 is 3.06 bits per heavy atom. The Morgan fingerprint density at radius 2 is 2.33 bits per heavy atom. The summed E-state index contributed by atoms with van der Waals surface area (Å²) >= 11 is 3.37. The number of amides is 1. The lowest BCUT2D eigenvalue weighted by Gasteiger charge is -2.35. The molecule has 1 aromatic heterocycles. The van der Waals surface area contributed by atoms with E-state index in [1.807, 2.05) is 11.0 Å². The second-order valence-electron chi connectivity index (χ2n) is 4.83. The van der Waals surface area contributed by atoms with Gasteiger partial charge in [-0.25, -0.2) is 0 Å². The zero-order valence-corrected chi connectivity index (χ0v) is 12.3. The molecule has 98 valence electrons. The van der Waals surface area contributed by atoms with E-state index in [2.05, 4.69) is 27.8 Å². The third-order valence-corrected chi connectivity index (χ3v) is 3.90. The Hall–Kier alpha value is -0.900. The molecular weight excluding hydrogens is 292 g/mol. The van der Waals surface area contributed by atoms with E-state index in [-0.39, 0.29) is 5.91 Å². The van der Waals surface area contributed by atoms with E-state index in [1.54, 1.807) is 12.4 Å². The first-order valence-electron chi connectivity index (χ1n) is 6.64. The van der Waals surface area contributed by atoms with Crippen LogP contribution in [0.25, 0.3) is 0 Å². The summed E-state index contributed by atoms with van der Waals surface area (Å²) in [6.45, 7) is 3.06. The summed E-state index contributed by atoms with van der Waals surface area (Å²) in [5, 5.41) is 0. The van der Waals surface area contributed by atoms with Gasteiger partial charge in [-0.3, -0.25) is 9.78 Å². The number of carbonyl (C=O) groups is 1. The maximum Gasteiger partial charge on any atom is 0.255 e. The molecule has 1 amide bonds. The highest BCUT2D eigenvalue weighted by Crippen LogP contribution is 2.23. The van der Waals surface area contributed by atoms with Crippen LogP contribution in [0.4, 0.5) is 0 Å². The van der Waals surface area contributed by atoms with Crippen LogP contribution in [0.1, 0.15) is 49.4 Å². The topological polar surface area (TPSA) is 33.2 Å². The minimum Gasteiger partial charge on any atom is -0.336 e. The van der Waals surface area contributed by atoms with E-state index in [9.17, 15) is 4.79 Å². The van der Waals surface area contributed by atoms with E-state index in [1.165, 1.54) is 6.42 Å². The van der Waals surface area contributed by atoms with Crippen LogP contribution in [0, 0.1) is 0 Å². The zero-order chi connectivity index (χ0) is 13.0. The van der Waals surface area contributed by atoms with Gasteiger partial charge in [-0.15, -0.1) is 0 Å². The summed E-state index contributed by atoms with van der Waals surface area (Å²) in [5.41, 5.74) is 0.687. The Labute approximate surface area is 117 Å². The van der Waals surface area contributed by atoms with Crippen LogP contribution in [0.2, 0.25) is 0 Å². The quantitative estimate of drug-likeness (QED) is 0.854. The molecule has 0 aromatic carbocycles. The molecule has 2 rings (SSSR count). The highest BCUT2D eigenvalue weighted by molar-refractivity contribution is 9.10. The molecule has 1 aliphatic heterocycles. The molecule has 2 heterocycles. The van der Waals surface area contributed by atoms with Gasteiger partial charge >= 0.3 is 0 Å². The van der Waals surface area contributed by atoms with Gasteiger partial charge in [0.2, 0.25) is 0 Å². The van der Waals surface area contributed by atoms with Crippen molar-refractivity contribution in [1.29, 1.82) is 0 Å². The van der Waals surface area contributed by atoms with Crippen molar-refractivity contribution >= 4 is 21.8 Å². The maximum atomic E-state index is 12.5. The van der Waals surface area contributed by atoms with Crippen molar-refractivity contribution in [1.82, 2.24) is 9.88 Å². The molecule has 4 heteroatoms. The number of likely N-dealkylation sites (tertiary alicyclic amines) is 1. The van der Waals surface area contributed by atoms with E-state index in [0.717, 1.165) is 36.7 Å². The van der Waals surface area contributed by atoms with Gasteiger partial charge in [-0.1, -0.05) is 13.3 Å². The van der Waals surface area contributed by atoms with E-state index >= 15 is 0 Å². The van der Waals surface area contributed by atoms with Gasteiger partial charge in [0.05, 0.1) is 5.56 Å². The number of aromatic nitrogens is 1. The van der Waals surface area contributed by atoms with Gasteiger partial charge in [0.1, 0.15) is 0 Å². The third kappa shape index (κ3) is 3.10. The van der Waals surface area contributed by atoms with Gasteiger partial charge < -0.3 is 4.90 Å². The van der Waals surface area contributed by atoms with Crippen LogP contribution in [-0.4, -0.2) is 28.4 Å². The fourth-order valence-electron chi connectivity index (χ4n) is 2.60. The predicted octanol–water partition coefficient (Wildman–Crippen LogP) is 3.64. The smallest absolute Gasteiger partial charge is 0.255 e. The average Bonchev–Trinajstić information content (AvgIpc) is 2.39. The molecule has 0 spiro atoms. The van der Waals surface area contributed by atoms with Crippen molar-refractivity contribution in [3.8, 4) is 0 Å². The first-order chi connectivity index (χ1) is 8.72.